The molecule has 0 aliphatic carbocycles. The standard InChI is InChI=1S/C19H22F3NO/c1-23-18(11-6-12-19(20,21)22)16-9-5-10-17(13-16)24-14-15-7-3-2-4-8-15/h2-5,7-10,13,18,23H,6,11-12,14H2,1H3. The van der Waals surface area contributed by atoms with E-state index in [-0.39, 0.29) is 12.5 Å². The lowest BCUT2D eigenvalue weighted by Gasteiger charge is -2.18. The van der Waals surface area contributed by atoms with Crippen LogP contribution in [0.4, 0.5) is 13.2 Å². The molecule has 0 bridgehead atoms. The summed E-state index contributed by atoms with van der Waals surface area (Å²) in [5.74, 6) is 0.715. The molecule has 0 aliphatic rings. The highest BCUT2D eigenvalue weighted by molar-refractivity contribution is 5.31. The molecule has 0 aromatic heterocycles. The summed E-state index contributed by atoms with van der Waals surface area (Å²) in [6.45, 7) is 0.461. The molecular weight excluding hydrogens is 315 g/mol. The molecule has 24 heavy (non-hydrogen) atoms. The lowest BCUT2D eigenvalue weighted by molar-refractivity contribution is -0.135. The van der Waals surface area contributed by atoms with Crippen molar-refractivity contribution in [3.05, 3.63) is 65.7 Å². The average Bonchev–Trinajstić information content (AvgIpc) is 2.57. The van der Waals surface area contributed by atoms with E-state index in [9.17, 15) is 13.2 Å². The summed E-state index contributed by atoms with van der Waals surface area (Å²) >= 11 is 0. The zero-order valence-corrected chi connectivity index (χ0v) is 13.6. The second-order valence-corrected chi connectivity index (χ2v) is 5.70. The van der Waals surface area contributed by atoms with E-state index in [0.717, 1.165) is 11.1 Å². The van der Waals surface area contributed by atoms with Gasteiger partial charge in [0.05, 0.1) is 0 Å². The molecule has 0 amide bonds. The maximum atomic E-state index is 12.3. The van der Waals surface area contributed by atoms with Gasteiger partial charge in [-0.1, -0.05) is 42.5 Å². The van der Waals surface area contributed by atoms with Gasteiger partial charge in [-0.25, -0.2) is 0 Å². The molecule has 130 valence electrons. The van der Waals surface area contributed by atoms with Gasteiger partial charge in [0.2, 0.25) is 0 Å². The Labute approximate surface area is 140 Å². The SMILES string of the molecule is CNC(CCCC(F)(F)F)c1cccc(OCc2ccccc2)c1. The Kier molecular flexibility index (Phi) is 6.67. The van der Waals surface area contributed by atoms with Crippen molar-refractivity contribution in [2.75, 3.05) is 7.05 Å². The molecule has 0 fully saturated rings. The predicted molar refractivity (Wildman–Crippen MR) is 88.9 cm³/mol. The molecular formula is C19H22F3NO. The van der Waals surface area contributed by atoms with Crippen LogP contribution in [0.25, 0.3) is 0 Å². The predicted octanol–water partition coefficient (Wildman–Crippen LogP) is 5.26. The zero-order chi connectivity index (χ0) is 17.4. The van der Waals surface area contributed by atoms with Crippen LogP contribution in [-0.2, 0) is 6.61 Å². The zero-order valence-electron chi connectivity index (χ0n) is 13.6. The van der Waals surface area contributed by atoms with Crippen molar-refractivity contribution in [1.82, 2.24) is 5.32 Å². The van der Waals surface area contributed by atoms with Crippen LogP contribution in [0.2, 0.25) is 0 Å². The first-order valence-electron chi connectivity index (χ1n) is 7.98. The van der Waals surface area contributed by atoms with E-state index < -0.39 is 12.6 Å². The summed E-state index contributed by atoms with van der Waals surface area (Å²) in [6.07, 6.45) is -4.32. The number of alkyl halides is 3. The Morgan fingerprint density at radius 3 is 2.46 bits per heavy atom. The minimum Gasteiger partial charge on any atom is -0.489 e. The molecule has 0 saturated carbocycles. The first kappa shape index (κ1) is 18.3. The van der Waals surface area contributed by atoms with E-state index in [1.165, 1.54) is 0 Å². The van der Waals surface area contributed by atoms with Crippen LogP contribution in [0, 0.1) is 0 Å². The first-order valence-corrected chi connectivity index (χ1v) is 7.98. The summed E-state index contributed by atoms with van der Waals surface area (Å²) in [5, 5.41) is 3.08. The molecule has 2 nitrogen and oxygen atoms in total. The lowest BCUT2D eigenvalue weighted by Crippen LogP contribution is -2.17. The van der Waals surface area contributed by atoms with Crippen LogP contribution in [-0.4, -0.2) is 13.2 Å². The minimum atomic E-state index is -4.10. The van der Waals surface area contributed by atoms with Crippen LogP contribution in [0.1, 0.15) is 36.4 Å². The Balaban J connectivity index is 1.94. The van der Waals surface area contributed by atoms with E-state index in [2.05, 4.69) is 5.32 Å². The molecule has 0 heterocycles. The highest BCUT2D eigenvalue weighted by atomic mass is 19.4. The van der Waals surface area contributed by atoms with Gasteiger partial charge in [0.15, 0.2) is 0 Å². The van der Waals surface area contributed by atoms with Gasteiger partial charge >= 0.3 is 6.18 Å². The number of hydrogen-bond donors (Lipinski definition) is 1. The summed E-state index contributed by atoms with van der Waals surface area (Å²) in [4.78, 5) is 0. The number of benzene rings is 2. The smallest absolute Gasteiger partial charge is 0.389 e. The van der Waals surface area contributed by atoms with Gasteiger partial charge in [-0.3, -0.25) is 0 Å². The van der Waals surface area contributed by atoms with Crippen molar-refractivity contribution >= 4 is 0 Å². The number of rotatable bonds is 8. The van der Waals surface area contributed by atoms with Crippen LogP contribution >= 0.6 is 0 Å². The number of halogens is 3. The van der Waals surface area contributed by atoms with Gasteiger partial charge in [-0.2, -0.15) is 13.2 Å². The molecule has 0 spiro atoms. The Morgan fingerprint density at radius 2 is 1.79 bits per heavy atom. The van der Waals surface area contributed by atoms with E-state index in [0.29, 0.717) is 18.8 Å². The van der Waals surface area contributed by atoms with Crippen LogP contribution in [0.3, 0.4) is 0 Å². The summed E-state index contributed by atoms with van der Waals surface area (Å²) in [6, 6.07) is 17.2. The Bertz CT molecular complexity index is 614. The second-order valence-electron chi connectivity index (χ2n) is 5.70. The van der Waals surface area contributed by atoms with Gasteiger partial charge in [0.25, 0.3) is 0 Å². The molecule has 2 rings (SSSR count). The van der Waals surface area contributed by atoms with Gasteiger partial charge < -0.3 is 10.1 Å². The van der Waals surface area contributed by atoms with E-state index in [1.807, 2.05) is 54.6 Å². The van der Waals surface area contributed by atoms with E-state index in [4.69, 9.17) is 4.74 Å². The number of hydrogen-bond acceptors (Lipinski definition) is 2. The second kappa shape index (κ2) is 8.73. The van der Waals surface area contributed by atoms with Gasteiger partial charge in [0, 0.05) is 12.5 Å². The number of ether oxygens (including phenoxy) is 1. The summed E-state index contributed by atoms with van der Waals surface area (Å²) in [5.41, 5.74) is 2.00. The molecule has 2 aromatic carbocycles. The van der Waals surface area contributed by atoms with Crippen LogP contribution in [0.5, 0.6) is 5.75 Å². The van der Waals surface area contributed by atoms with Gasteiger partial charge in [-0.05, 0) is 43.1 Å². The first-order chi connectivity index (χ1) is 11.5. The van der Waals surface area contributed by atoms with E-state index in [1.54, 1.807) is 7.05 Å². The largest absolute Gasteiger partial charge is 0.489 e. The third-order valence-corrected chi connectivity index (χ3v) is 3.81. The summed E-state index contributed by atoms with van der Waals surface area (Å²) in [7, 11) is 1.76. The highest BCUT2D eigenvalue weighted by Gasteiger charge is 2.26. The van der Waals surface area contributed by atoms with Crippen molar-refractivity contribution in [3.8, 4) is 5.75 Å². The van der Waals surface area contributed by atoms with Crippen molar-refractivity contribution in [2.45, 2.75) is 38.1 Å². The van der Waals surface area contributed by atoms with Gasteiger partial charge in [0.1, 0.15) is 12.4 Å². The lowest BCUT2D eigenvalue weighted by atomic mass is 10.0. The van der Waals surface area contributed by atoms with Crippen LogP contribution in [0.15, 0.2) is 54.6 Å². The maximum Gasteiger partial charge on any atom is 0.389 e. The Morgan fingerprint density at radius 1 is 1.04 bits per heavy atom. The quantitative estimate of drug-likeness (QED) is 0.709. The molecule has 5 heteroatoms. The molecule has 1 N–H and O–H groups in total. The molecule has 0 radical (unpaired) electrons. The van der Waals surface area contributed by atoms with Crippen LogP contribution < -0.4 is 10.1 Å². The van der Waals surface area contributed by atoms with Gasteiger partial charge in [-0.15, -0.1) is 0 Å². The monoisotopic (exact) mass is 337 g/mol. The highest BCUT2D eigenvalue weighted by Crippen LogP contribution is 2.27. The van der Waals surface area contributed by atoms with E-state index >= 15 is 0 Å². The molecule has 2 aromatic rings. The average molecular weight is 337 g/mol. The third kappa shape index (κ3) is 6.24. The minimum absolute atomic E-state index is 0.101. The fourth-order valence-corrected chi connectivity index (χ4v) is 2.55. The topological polar surface area (TPSA) is 21.3 Å². The molecule has 0 aliphatic heterocycles. The molecule has 1 unspecified atom stereocenters. The normalized spacial score (nSPS) is 12.8. The number of nitrogens with one attached hydrogen (secondary N) is 1. The molecule has 1 atom stereocenters. The fraction of sp³-hybridized carbons (Fsp3) is 0.368. The maximum absolute atomic E-state index is 12.3. The Hall–Kier alpha value is -2.01. The fourth-order valence-electron chi connectivity index (χ4n) is 2.55. The summed E-state index contributed by atoms with van der Waals surface area (Å²) < 4.78 is 42.7. The third-order valence-electron chi connectivity index (χ3n) is 3.81. The van der Waals surface area contributed by atoms with Crippen molar-refractivity contribution in [1.29, 1.82) is 0 Å². The van der Waals surface area contributed by atoms with Crippen molar-refractivity contribution < 1.29 is 17.9 Å². The van der Waals surface area contributed by atoms with Crippen molar-refractivity contribution in [2.24, 2.45) is 0 Å². The van der Waals surface area contributed by atoms with Crippen molar-refractivity contribution in [3.63, 3.8) is 0 Å². The molecule has 0 saturated heterocycles.